The molecule has 1 saturated carbocycles. The molecule has 1 aliphatic heterocycles. The Balaban J connectivity index is 1.60. The van der Waals surface area contributed by atoms with Crippen molar-refractivity contribution in [3.8, 4) is 0 Å². The molecule has 1 aromatic rings. The first kappa shape index (κ1) is 22.4. The third-order valence-corrected chi connectivity index (χ3v) is 7.84. The Morgan fingerprint density at radius 3 is 2.52 bits per heavy atom. The van der Waals surface area contributed by atoms with Gasteiger partial charge in [-0.3, -0.25) is 0 Å². The second-order valence-corrected chi connectivity index (χ2v) is 11.5. The highest BCUT2D eigenvalue weighted by atomic mass is 32.2. The number of halogens is 1. The van der Waals surface area contributed by atoms with Crippen LogP contribution in [0.5, 0.6) is 0 Å². The molecule has 7 heteroatoms. The maximum atomic E-state index is 15.0. The number of nitrogens with zero attached hydrogens (tertiary/aromatic N) is 1. The molecule has 162 valence electrons. The number of piperidine rings is 1. The maximum absolute atomic E-state index is 15.0. The highest BCUT2D eigenvalue weighted by Crippen LogP contribution is 2.50. The van der Waals surface area contributed by atoms with E-state index in [4.69, 9.17) is 4.74 Å². The standard InChI is InChI=1S/C22H33FN2O3S/c1-16-14-22(19(18(16)23)24-29(27)21(2,3)4)10-12-25(13-11-22)20(26)28-15-17-8-6-5-7-9-17/h5-9,16,18-19,24H,10-15H2,1-4H3/t16-,18-,19-,29-/m1/s1. The molecule has 2 fully saturated rings. The lowest BCUT2D eigenvalue weighted by atomic mass is 9.74. The number of carbonyl (C=O) groups is 1. The Kier molecular flexibility index (Phi) is 6.81. The largest absolute Gasteiger partial charge is 0.598 e. The molecule has 1 aromatic carbocycles. The van der Waals surface area contributed by atoms with Gasteiger partial charge in [-0.15, -0.1) is 4.72 Å². The molecular weight excluding hydrogens is 391 g/mol. The number of alkyl halides is 1. The van der Waals surface area contributed by atoms with E-state index in [1.165, 1.54) is 0 Å². The molecule has 1 heterocycles. The van der Waals surface area contributed by atoms with E-state index in [0.29, 0.717) is 25.9 Å². The number of hydrogen-bond acceptors (Lipinski definition) is 4. The second-order valence-electron chi connectivity index (χ2n) is 9.49. The molecule has 5 nitrogen and oxygen atoms in total. The van der Waals surface area contributed by atoms with Crippen molar-refractivity contribution in [2.24, 2.45) is 11.3 Å². The first-order valence-corrected chi connectivity index (χ1v) is 11.6. The predicted molar refractivity (Wildman–Crippen MR) is 113 cm³/mol. The fraction of sp³-hybridized carbons (Fsp3) is 0.682. The Labute approximate surface area is 176 Å². The van der Waals surface area contributed by atoms with Gasteiger partial charge in [0, 0.05) is 24.5 Å². The van der Waals surface area contributed by atoms with E-state index in [2.05, 4.69) is 4.72 Å². The fourth-order valence-electron chi connectivity index (χ4n) is 4.49. The van der Waals surface area contributed by atoms with Crippen molar-refractivity contribution in [1.29, 1.82) is 0 Å². The molecule has 0 unspecified atom stereocenters. The zero-order valence-electron chi connectivity index (χ0n) is 17.8. The van der Waals surface area contributed by atoms with Crippen LogP contribution in [0, 0.1) is 11.3 Å². The van der Waals surface area contributed by atoms with Crippen LogP contribution in [-0.2, 0) is 22.7 Å². The molecule has 0 aromatic heterocycles. The second kappa shape index (κ2) is 8.82. The maximum Gasteiger partial charge on any atom is 0.410 e. The summed E-state index contributed by atoms with van der Waals surface area (Å²) in [6.45, 7) is 8.91. The van der Waals surface area contributed by atoms with Gasteiger partial charge in [0.1, 0.15) is 17.5 Å². The lowest BCUT2D eigenvalue weighted by Gasteiger charge is -2.43. The summed E-state index contributed by atoms with van der Waals surface area (Å²) >= 11 is -1.33. The van der Waals surface area contributed by atoms with E-state index in [1.54, 1.807) is 4.90 Å². The number of benzene rings is 1. The highest BCUT2D eigenvalue weighted by molar-refractivity contribution is 7.90. The van der Waals surface area contributed by atoms with E-state index in [1.807, 2.05) is 58.0 Å². The quantitative estimate of drug-likeness (QED) is 0.736. The average molecular weight is 425 g/mol. The summed E-state index contributed by atoms with van der Waals surface area (Å²) in [4.78, 5) is 14.2. The van der Waals surface area contributed by atoms with Crippen LogP contribution < -0.4 is 4.72 Å². The van der Waals surface area contributed by atoms with Crippen LogP contribution in [0.2, 0.25) is 0 Å². The molecule has 0 radical (unpaired) electrons. The molecule has 4 atom stereocenters. The Bertz CT molecular complexity index is 689. The zero-order valence-corrected chi connectivity index (χ0v) is 18.6. The summed E-state index contributed by atoms with van der Waals surface area (Å²) in [5.74, 6) is -0.0824. The molecule has 3 rings (SSSR count). The fourth-order valence-corrected chi connectivity index (χ4v) is 5.45. The van der Waals surface area contributed by atoms with E-state index in [0.717, 1.165) is 12.0 Å². The minimum absolute atomic E-state index is 0.0824. The lowest BCUT2D eigenvalue weighted by Crippen LogP contribution is -2.56. The van der Waals surface area contributed by atoms with Crippen LogP contribution in [0.15, 0.2) is 30.3 Å². The minimum atomic E-state index is -1.33. The summed E-state index contributed by atoms with van der Waals surface area (Å²) < 4.78 is 35.8. The van der Waals surface area contributed by atoms with Crippen molar-refractivity contribution in [1.82, 2.24) is 9.62 Å². The number of nitrogens with one attached hydrogen (secondary N) is 1. The molecule has 2 aliphatic rings. The molecule has 1 saturated heterocycles. The van der Waals surface area contributed by atoms with Crippen LogP contribution >= 0.6 is 0 Å². The first-order valence-electron chi connectivity index (χ1n) is 10.4. The van der Waals surface area contributed by atoms with E-state index >= 15 is 4.39 Å². The monoisotopic (exact) mass is 424 g/mol. The smallest absolute Gasteiger partial charge is 0.410 e. The van der Waals surface area contributed by atoms with Gasteiger partial charge in [-0.05, 0) is 56.9 Å². The highest BCUT2D eigenvalue weighted by Gasteiger charge is 2.56. The van der Waals surface area contributed by atoms with Crippen LogP contribution in [0.4, 0.5) is 9.18 Å². The Hall–Kier alpha value is -1.31. The lowest BCUT2D eigenvalue weighted by molar-refractivity contribution is 0.0513. The van der Waals surface area contributed by atoms with Crippen molar-refractivity contribution in [2.75, 3.05) is 13.1 Å². The number of carbonyl (C=O) groups excluding carboxylic acids is 1. The van der Waals surface area contributed by atoms with E-state index < -0.39 is 28.3 Å². The van der Waals surface area contributed by atoms with Crippen molar-refractivity contribution in [3.05, 3.63) is 35.9 Å². The summed E-state index contributed by atoms with van der Waals surface area (Å²) in [6, 6.07) is 9.15. The SMILES string of the molecule is C[C@@H]1CC2(CCN(C(=O)OCc3ccccc3)CC2)[C@H](N[S@+]([O-])C(C)(C)C)[C@@H]1F. The predicted octanol–water partition coefficient (Wildman–Crippen LogP) is 4.20. The van der Waals surface area contributed by atoms with Gasteiger partial charge in [0.2, 0.25) is 0 Å². The Morgan fingerprint density at radius 2 is 1.93 bits per heavy atom. The third kappa shape index (κ3) is 5.06. The van der Waals surface area contributed by atoms with Crippen molar-refractivity contribution < 1.29 is 18.5 Å². The average Bonchev–Trinajstić information content (AvgIpc) is 2.91. The molecule has 1 N–H and O–H groups in total. The van der Waals surface area contributed by atoms with Gasteiger partial charge in [0.25, 0.3) is 0 Å². The summed E-state index contributed by atoms with van der Waals surface area (Å²) in [6.07, 6.45) is 0.779. The Morgan fingerprint density at radius 1 is 1.31 bits per heavy atom. The topological polar surface area (TPSA) is 64.6 Å². The van der Waals surface area contributed by atoms with Crippen molar-refractivity contribution >= 4 is 17.5 Å². The molecule has 1 amide bonds. The third-order valence-electron chi connectivity index (χ3n) is 6.26. The molecule has 29 heavy (non-hydrogen) atoms. The van der Waals surface area contributed by atoms with Crippen molar-refractivity contribution in [3.63, 3.8) is 0 Å². The number of amides is 1. The van der Waals surface area contributed by atoms with Crippen molar-refractivity contribution in [2.45, 2.75) is 70.5 Å². The van der Waals surface area contributed by atoms with E-state index in [-0.39, 0.29) is 24.0 Å². The number of likely N-dealkylation sites (tertiary alicyclic amines) is 1. The van der Waals surface area contributed by atoms with Gasteiger partial charge < -0.3 is 14.2 Å². The van der Waals surface area contributed by atoms with Gasteiger partial charge >= 0.3 is 6.09 Å². The first-order chi connectivity index (χ1) is 13.6. The minimum Gasteiger partial charge on any atom is -0.598 e. The number of rotatable bonds is 4. The van der Waals surface area contributed by atoms with Gasteiger partial charge in [-0.2, -0.15) is 0 Å². The van der Waals surface area contributed by atoms with Crippen LogP contribution in [0.3, 0.4) is 0 Å². The number of hydrogen-bond donors (Lipinski definition) is 1. The van der Waals surface area contributed by atoms with Gasteiger partial charge in [0.05, 0.1) is 6.04 Å². The summed E-state index contributed by atoms with van der Waals surface area (Å²) in [7, 11) is 0. The number of ether oxygens (including phenoxy) is 1. The zero-order chi connectivity index (χ0) is 21.2. The van der Waals surface area contributed by atoms with E-state index in [9.17, 15) is 9.35 Å². The normalized spacial score (nSPS) is 27.8. The van der Waals surface area contributed by atoms with Gasteiger partial charge in [-0.1, -0.05) is 37.3 Å². The summed E-state index contributed by atoms with van der Waals surface area (Å²) in [5, 5.41) is 0. The van der Waals surface area contributed by atoms with Gasteiger partial charge in [0.15, 0.2) is 0 Å². The summed E-state index contributed by atoms with van der Waals surface area (Å²) in [5.41, 5.74) is 0.684. The van der Waals surface area contributed by atoms with Crippen LogP contribution in [0.25, 0.3) is 0 Å². The molecule has 0 bridgehead atoms. The van der Waals surface area contributed by atoms with Gasteiger partial charge in [-0.25, -0.2) is 9.18 Å². The molecule has 1 spiro atoms. The molecular formula is C22H33FN2O3S. The van der Waals surface area contributed by atoms with Crippen LogP contribution in [0.1, 0.15) is 52.5 Å². The molecule has 1 aliphatic carbocycles. The van der Waals surface area contributed by atoms with Crippen LogP contribution in [-0.4, -0.2) is 45.6 Å².